The van der Waals surface area contributed by atoms with E-state index in [1.807, 2.05) is 41.0 Å². The van der Waals surface area contributed by atoms with Gasteiger partial charge in [-0.15, -0.1) is 0 Å². The molecule has 0 radical (unpaired) electrons. The number of carbonyl (C=O) groups is 1. The first-order valence-electron chi connectivity index (χ1n) is 8.18. The van der Waals surface area contributed by atoms with E-state index in [1.165, 1.54) is 0 Å². The normalized spacial score (nSPS) is 15.8. The fraction of sp³-hybridized carbons (Fsp3) is 0.263. The summed E-state index contributed by atoms with van der Waals surface area (Å²) in [4.78, 5) is 16.5. The van der Waals surface area contributed by atoms with Crippen LogP contribution < -0.4 is 5.32 Å². The number of nitrogens with one attached hydrogen (secondary N) is 1. The van der Waals surface area contributed by atoms with Crippen molar-refractivity contribution >= 4 is 16.9 Å². The molecule has 6 heteroatoms. The number of benzene rings is 2. The summed E-state index contributed by atoms with van der Waals surface area (Å²) in [6, 6.07) is 15.2. The zero-order chi connectivity index (χ0) is 17.4. The van der Waals surface area contributed by atoms with Gasteiger partial charge < -0.3 is 19.7 Å². The van der Waals surface area contributed by atoms with Crippen LogP contribution in [0.5, 0.6) is 0 Å². The minimum Gasteiger partial charge on any atom is -0.383 e. The van der Waals surface area contributed by atoms with E-state index >= 15 is 0 Å². The predicted molar refractivity (Wildman–Crippen MR) is 94.3 cm³/mol. The number of para-hydroxylation sites is 2. The summed E-state index contributed by atoms with van der Waals surface area (Å²) in [6.07, 6.45) is 0. The average molecular weight is 337 g/mol. The molecular weight excluding hydrogens is 318 g/mol. The second-order valence-corrected chi connectivity index (χ2v) is 6.38. The second kappa shape index (κ2) is 5.98. The van der Waals surface area contributed by atoms with E-state index in [0.29, 0.717) is 25.3 Å². The molecule has 25 heavy (non-hydrogen) atoms. The number of nitrogens with zero attached hydrogens (tertiary/aromatic N) is 2. The Hall–Kier alpha value is -2.70. The Morgan fingerprint density at radius 1 is 1.24 bits per heavy atom. The molecule has 1 aliphatic rings. The summed E-state index contributed by atoms with van der Waals surface area (Å²) in [5.41, 5.74) is 2.47. The number of hydrogen-bond donors (Lipinski definition) is 2. The first-order valence-corrected chi connectivity index (χ1v) is 8.18. The van der Waals surface area contributed by atoms with Crippen molar-refractivity contribution in [1.82, 2.24) is 14.9 Å². The number of imidazole rings is 1. The van der Waals surface area contributed by atoms with Crippen LogP contribution in [0.3, 0.4) is 0 Å². The first-order chi connectivity index (χ1) is 12.1. The van der Waals surface area contributed by atoms with Crippen molar-refractivity contribution in [3.63, 3.8) is 0 Å². The van der Waals surface area contributed by atoms with Crippen molar-refractivity contribution in [2.45, 2.75) is 12.1 Å². The highest BCUT2D eigenvalue weighted by Gasteiger charge is 2.37. The quantitative estimate of drug-likeness (QED) is 0.761. The summed E-state index contributed by atoms with van der Waals surface area (Å²) in [7, 11) is 1.61. The van der Waals surface area contributed by atoms with Gasteiger partial charge in [-0.2, -0.15) is 0 Å². The number of hydrogen-bond acceptors (Lipinski definition) is 4. The molecule has 0 spiro atoms. The van der Waals surface area contributed by atoms with Crippen LogP contribution in [0.4, 0.5) is 0 Å². The SMILES string of the molecule is CNC(=O)c1ccc(-c2nc3ccccc3n2CC2(O)COC2)cc1. The standard InChI is InChI=1S/C19H19N3O3/c1-20-18(23)14-8-6-13(7-9-14)17-21-15-4-2-3-5-16(15)22(17)10-19(24)11-25-12-19/h2-9,24H,10-12H2,1H3,(H,20,23). The molecule has 2 N–H and O–H groups in total. The van der Waals surface area contributed by atoms with E-state index in [2.05, 4.69) is 5.32 Å². The van der Waals surface area contributed by atoms with Crippen LogP contribution in [0.25, 0.3) is 22.4 Å². The van der Waals surface area contributed by atoms with Crippen LogP contribution in [0.2, 0.25) is 0 Å². The van der Waals surface area contributed by atoms with Gasteiger partial charge in [-0.1, -0.05) is 24.3 Å². The third-order valence-electron chi connectivity index (χ3n) is 4.48. The zero-order valence-corrected chi connectivity index (χ0v) is 13.9. The van der Waals surface area contributed by atoms with Gasteiger partial charge in [0.25, 0.3) is 5.91 Å². The summed E-state index contributed by atoms with van der Waals surface area (Å²) in [5.74, 6) is 0.644. The molecule has 0 bridgehead atoms. The highest BCUT2D eigenvalue weighted by Crippen LogP contribution is 2.29. The lowest BCUT2D eigenvalue weighted by atomic mass is 10.0. The van der Waals surface area contributed by atoms with Gasteiger partial charge in [0.15, 0.2) is 0 Å². The maximum absolute atomic E-state index is 11.7. The highest BCUT2D eigenvalue weighted by atomic mass is 16.5. The number of carbonyl (C=O) groups excluding carboxylic acids is 1. The Bertz CT molecular complexity index is 927. The largest absolute Gasteiger partial charge is 0.383 e. The third-order valence-corrected chi connectivity index (χ3v) is 4.48. The maximum atomic E-state index is 11.7. The van der Waals surface area contributed by atoms with Crippen LogP contribution in [-0.4, -0.2) is 46.4 Å². The molecule has 2 heterocycles. The van der Waals surface area contributed by atoms with Gasteiger partial charge in [0.2, 0.25) is 0 Å². The molecule has 0 saturated carbocycles. The van der Waals surface area contributed by atoms with Crippen molar-refractivity contribution in [3.05, 3.63) is 54.1 Å². The van der Waals surface area contributed by atoms with E-state index in [4.69, 9.17) is 9.72 Å². The lowest BCUT2D eigenvalue weighted by Crippen LogP contribution is -2.52. The van der Waals surface area contributed by atoms with Gasteiger partial charge in [-0.3, -0.25) is 4.79 Å². The van der Waals surface area contributed by atoms with Crippen molar-refractivity contribution in [1.29, 1.82) is 0 Å². The number of ether oxygens (including phenoxy) is 1. The Morgan fingerprint density at radius 2 is 1.96 bits per heavy atom. The van der Waals surface area contributed by atoms with Gasteiger partial charge in [-0.25, -0.2) is 4.98 Å². The number of aliphatic hydroxyl groups is 1. The molecule has 4 rings (SSSR count). The van der Waals surface area contributed by atoms with E-state index in [9.17, 15) is 9.90 Å². The molecule has 0 aliphatic carbocycles. The molecular formula is C19H19N3O3. The summed E-state index contributed by atoms with van der Waals surface area (Å²) in [5, 5.41) is 13.1. The second-order valence-electron chi connectivity index (χ2n) is 6.38. The van der Waals surface area contributed by atoms with Gasteiger partial charge in [0.05, 0.1) is 30.8 Å². The molecule has 0 atom stereocenters. The number of aromatic nitrogens is 2. The summed E-state index contributed by atoms with van der Waals surface area (Å²) < 4.78 is 7.19. The fourth-order valence-electron chi connectivity index (χ4n) is 3.09. The molecule has 6 nitrogen and oxygen atoms in total. The lowest BCUT2D eigenvalue weighted by molar-refractivity contribution is -0.184. The fourth-order valence-corrected chi connectivity index (χ4v) is 3.09. The Labute approximate surface area is 145 Å². The van der Waals surface area contributed by atoms with Crippen molar-refractivity contribution in [2.24, 2.45) is 0 Å². The Balaban J connectivity index is 1.79. The zero-order valence-electron chi connectivity index (χ0n) is 13.9. The van der Waals surface area contributed by atoms with Gasteiger partial charge in [0.1, 0.15) is 11.4 Å². The monoisotopic (exact) mass is 337 g/mol. The van der Waals surface area contributed by atoms with Crippen LogP contribution in [0.1, 0.15) is 10.4 Å². The smallest absolute Gasteiger partial charge is 0.251 e. The minimum absolute atomic E-state index is 0.124. The third kappa shape index (κ3) is 2.79. The van der Waals surface area contributed by atoms with E-state index in [1.54, 1.807) is 19.2 Å². The van der Waals surface area contributed by atoms with E-state index in [0.717, 1.165) is 22.4 Å². The summed E-state index contributed by atoms with van der Waals surface area (Å²) in [6.45, 7) is 1.07. The molecule has 1 fully saturated rings. The maximum Gasteiger partial charge on any atom is 0.251 e. The Kier molecular flexibility index (Phi) is 3.78. The number of amides is 1. The van der Waals surface area contributed by atoms with Crippen molar-refractivity contribution < 1.29 is 14.6 Å². The van der Waals surface area contributed by atoms with E-state index in [-0.39, 0.29) is 5.91 Å². The highest BCUT2D eigenvalue weighted by molar-refractivity contribution is 5.94. The molecule has 1 aliphatic heterocycles. The Morgan fingerprint density at radius 3 is 2.60 bits per heavy atom. The first kappa shape index (κ1) is 15.8. The molecule has 1 saturated heterocycles. The van der Waals surface area contributed by atoms with Crippen LogP contribution in [0, 0.1) is 0 Å². The topological polar surface area (TPSA) is 76.4 Å². The summed E-state index contributed by atoms with van der Waals surface area (Å²) >= 11 is 0. The molecule has 2 aromatic carbocycles. The van der Waals surface area contributed by atoms with Crippen LogP contribution in [0.15, 0.2) is 48.5 Å². The minimum atomic E-state index is -0.861. The van der Waals surface area contributed by atoms with Crippen LogP contribution >= 0.6 is 0 Å². The van der Waals surface area contributed by atoms with Crippen LogP contribution in [-0.2, 0) is 11.3 Å². The number of rotatable bonds is 4. The number of fused-ring (bicyclic) bond motifs is 1. The predicted octanol–water partition coefficient (Wildman–Crippen LogP) is 1.82. The van der Waals surface area contributed by atoms with Gasteiger partial charge >= 0.3 is 0 Å². The molecule has 128 valence electrons. The molecule has 1 aromatic heterocycles. The molecule has 3 aromatic rings. The molecule has 1 amide bonds. The average Bonchev–Trinajstić information content (AvgIpc) is 2.98. The van der Waals surface area contributed by atoms with Crippen molar-refractivity contribution in [3.8, 4) is 11.4 Å². The lowest BCUT2D eigenvalue weighted by Gasteiger charge is -2.37. The van der Waals surface area contributed by atoms with Gasteiger partial charge in [-0.05, 0) is 24.3 Å². The van der Waals surface area contributed by atoms with Crippen molar-refractivity contribution in [2.75, 3.05) is 20.3 Å². The van der Waals surface area contributed by atoms with E-state index < -0.39 is 5.60 Å². The molecule has 0 unspecified atom stereocenters. The van der Waals surface area contributed by atoms with Gasteiger partial charge in [0, 0.05) is 18.2 Å².